The summed E-state index contributed by atoms with van der Waals surface area (Å²) in [5.41, 5.74) is 2.32. The first-order chi connectivity index (χ1) is 9.86. The number of likely N-dealkylation sites (N-methyl/N-ethyl adjacent to an activating group) is 1. The third-order valence-corrected chi connectivity index (χ3v) is 3.72. The van der Waals surface area contributed by atoms with E-state index in [4.69, 9.17) is 0 Å². The number of aryl methyl sites for hydroxylation is 1. The van der Waals surface area contributed by atoms with Gasteiger partial charge in [-0.1, -0.05) is 6.08 Å². The van der Waals surface area contributed by atoms with Gasteiger partial charge in [-0.25, -0.2) is 4.79 Å². The zero-order valence-corrected chi connectivity index (χ0v) is 12.5. The van der Waals surface area contributed by atoms with E-state index < -0.39 is 6.03 Å². The van der Waals surface area contributed by atoms with E-state index in [9.17, 15) is 14.4 Å². The Morgan fingerprint density at radius 1 is 1.38 bits per heavy atom. The highest BCUT2D eigenvalue weighted by Crippen LogP contribution is 2.17. The van der Waals surface area contributed by atoms with Gasteiger partial charge in [-0.3, -0.25) is 14.5 Å². The summed E-state index contributed by atoms with van der Waals surface area (Å²) in [6.07, 6.45) is 1.76. The number of carbonyl (C=O) groups is 3. The van der Waals surface area contributed by atoms with E-state index in [0.29, 0.717) is 12.1 Å². The van der Waals surface area contributed by atoms with Crippen LogP contribution in [0.1, 0.15) is 21.7 Å². The maximum atomic E-state index is 12.4. The molecule has 0 radical (unpaired) electrons. The van der Waals surface area contributed by atoms with Crippen LogP contribution in [0.4, 0.5) is 4.79 Å². The lowest BCUT2D eigenvalue weighted by atomic mass is 10.1. The van der Waals surface area contributed by atoms with E-state index in [2.05, 4.69) is 6.58 Å². The number of hydrogen-bond acceptors (Lipinski definition) is 3. The molecule has 2 heterocycles. The number of aromatic nitrogens is 1. The minimum absolute atomic E-state index is 0.0294. The summed E-state index contributed by atoms with van der Waals surface area (Å²) < 4.78 is 1.97. The number of allylic oxidation sites excluding steroid dienone is 1. The van der Waals surface area contributed by atoms with Crippen molar-refractivity contribution in [2.75, 3.05) is 20.1 Å². The Morgan fingerprint density at radius 2 is 2.05 bits per heavy atom. The van der Waals surface area contributed by atoms with Crippen molar-refractivity contribution < 1.29 is 14.4 Å². The highest BCUT2D eigenvalue weighted by atomic mass is 16.2. The normalized spacial score (nSPS) is 15.0. The van der Waals surface area contributed by atoms with Gasteiger partial charge in [-0.2, -0.15) is 0 Å². The number of ketones is 1. The largest absolute Gasteiger partial charge is 0.345 e. The molecule has 112 valence electrons. The Labute approximate surface area is 123 Å². The zero-order valence-electron chi connectivity index (χ0n) is 12.5. The van der Waals surface area contributed by atoms with Gasteiger partial charge in [-0.05, 0) is 19.9 Å². The molecule has 0 unspecified atom stereocenters. The third kappa shape index (κ3) is 2.61. The summed E-state index contributed by atoms with van der Waals surface area (Å²) in [5.74, 6) is -0.564. The number of nitrogens with zero attached hydrogens (tertiary/aromatic N) is 3. The van der Waals surface area contributed by atoms with Gasteiger partial charge in [0.15, 0.2) is 5.78 Å². The molecule has 1 aliphatic heterocycles. The van der Waals surface area contributed by atoms with Gasteiger partial charge in [0.05, 0.1) is 6.54 Å². The molecule has 0 aliphatic carbocycles. The predicted octanol–water partition coefficient (Wildman–Crippen LogP) is 1.37. The molecule has 21 heavy (non-hydrogen) atoms. The van der Waals surface area contributed by atoms with Crippen molar-refractivity contribution in [2.24, 2.45) is 0 Å². The lowest BCUT2D eigenvalue weighted by Gasteiger charge is -2.13. The van der Waals surface area contributed by atoms with Crippen molar-refractivity contribution in [1.82, 2.24) is 14.4 Å². The van der Waals surface area contributed by atoms with Crippen LogP contribution in [0.5, 0.6) is 0 Å². The summed E-state index contributed by atoms with van der Waals surface area (Å²) in [6.45, 7) is 7.90. The minimum Gasteiger partial charge on any atom is -0.345 e. The number of Topliss-reactive ketones (excluding diaryl/α,β-unsaturated/α-hetero) is 1. The Hall–Kier alpha value is -2.37. The van der Waals surface area contributed by atoms with Crippen LogP contribution >= 0.6 is 0 Å². The van der Waals surface area contributed by atoms with Gasteiger partial charge in [0.25, 0.3) is 5.91 Å². The number of carbonyl (C=O) groups excluding carboxylic acids is 3. The van der Waals surface area contributed by atoms with Crippen molar-refractivity contribution in [3.8, 4) is 0 Å². The molecule has 0 spiro atoms. The topological polar surface area (TPSA) is 62.6 Å². The second kappa shape index (κ2) is 5.55. The molecule has 1 saturated heterocycles. The van der Waals surface area contributed by atoms with Gasteiger partial charge < -0.3 is 9.47 Å². The number of hydrogen-bond donors (Lipinski definition) is 0. The van der Waals surface area contributed by atoms with Gasteiger partial charge in [0.1, 0.15) is 6.54 Å². The molecule has 1 aromatic heterocycles. The van der Waals surface area contributed by atoms with Gasteiger partial charge in [-0.15, -0.1) is 6.58 Å². The second-order valence-corrected chi connectivity index (χ2v) is 5.23. The predicted molar refractivity (Wildman–Crippen MR) is 78.2 cm³/mol. The Balaban J connectivity index is 2.22. The second-order valence-electron chi connectivity index (χ2n) is 5.23. The Kier molecular flexibility index (Phi) is 3.97. The molecule has 0 atom stereocenters. The molecule has 1 aliphatic rings. The number of imide groups is 1. The molecular weight excluding hydrogens is 270 g/mol. The van der Waals surface area contributed by atoms with Crippen molar-refractivity contribution in [3.05, 3.63) is 35.7 Å². The first-order valence-corrected chi connectivity index (χ1v) is 6.73. The first-order valence-electron chi connectivity index (χ1n) is 6.73. The van der Waals surface area contributed by atoms with Crippen LogP contribution in [0, 0.1) is 13.8 Å². The van der Waals surface area contributed by atoms with E-state index in [1.165, 1.54) is 4.90 Å². The van der Waals surface area contributed by atoms with E-state index in [-0.39, 0.29) is 24.8 Å². The molecule has 1 aromatic rings. The van der Waals surface area contributed by atoms with Crippen molar-refractivity contribution in [1.29, 1.82) is 0 Å². The van der Waals surface area contributed by atoms with Crippen LogP contribution in [0.2, 0.25) is 0 Å². The Morgan fingerprint density at radius 3 is 2.57 bits per heavy atom. The van der Waals surface area contributed by atoms with E-state index in [1.807, 2.05) is 18.4 Å². The Bertz CT molecular complexity index is 630. The van der Waals surface area contributed by atoms with Crippen LogP contribution in [0.25, 0.3) is 0 Å². The summed E-state index contributed by atoms with van der Waals surface area (Å²) in [6, 6.07) is 1.36. The maximum Gasteiger partial charge on any atom is 0.327 e. The molecule has 2 rings (SSSR count). The highest BCUT2D eigenvalue weighted by molar-refractivity contribution is 6.08. The fourth-order valence-corrected chi connectivity index (χ4v) is 2.55. The standard InChI is InChI=1S/C15H19N3O3/c1-5-6-17-10(2)7-12(11(17)3)13(19)8-18-14(20)9-16(4)15(18)21/h5,7H,1,6,8-9H2,2-4H3. The molecule has 6 nitrogen and oxygen atoms in total. The summed E-state index contributed by atoms with van der Waals surface area (Å²) in [4.78, 5) is 38.2. The number of amides is 3. The molecule has 0 bridgehead atoms. The molecule has 1 fully saturated rings. The van der Waals surface area contributed by atoms with Crippen LogP contribution in [-0.4, -0.2) is 52.2 Å². The highest BCUT2D eigenvalue weighted by Gasteiger charge is 2.35. The van der Waals surface area contributed by atoms with Gasteiger partial charge in [0.2, 0.25) is 0 Å². The van der Waals surface area contributed by atoms with E-state index in [0.717, 1.165) is 16.3 Å². The molecule has 3 amide bonds. The first kappa shape index (κ1) is 15.0. The van der Waals surface area contributed by atoms with Crippen LogP contribution in [-0.2, 0) is 11.3 Å². The van der Waals surface area contributed by atoms with Crippen molar-refractivity contribution in [2.45, 2.75) is 20.4 Å². The molecule has 6 heteroatoms. The molecule has 0 N–H and O–H groups in total. The smallest absolute Gasteiger partial charge is 0.327 e. The minimum atomic E-state index is -0.423. The van der Waals surface area contributed by atoms with E-state index in [1.54, 1.807) is 19.2 Å². The lowest BCUT2D eigenvalue weighted by molar-refractivity contribution is -0.125. The molecule has 0 saturated carbocycles. The maximum absolute atomic E-state index is 12.4. The quantitative estimate of drug-likeness (QED) is 0.467. The summed E-state index contributed by atoms with van der Waals surface area (Å²) in [5, 5.41) is 0. The van der Waals surface area contributed by atoms with Crippen molar-refractivity contribution >= 4 is 17.7 Å². The van der Waals surface area contributed by atoms with Crippen LogP contribution in [0.3, 0.4) is 0 Å². The summed E-state index contributed by atoms with van der Waals surface area (Å²) in [7, 11) is 1.54. The van der Waals surface area contributed by atoms with Crippen LogP contribution in [0.15, 0.2) is 18.7 Å². The van der Waals surface area contributed by atoms with Gasteiger partial charge in [0, 0.05) is 30.5 Å². The van der Waals surface area contributed by atoms with E-state index >= 15 is 0 Å². The fourth-order valence-electron chi connectivity index (χ4n) is 2.55. The average molecular weight is 289 g/mol. The fraction of sp³-hybridized carbons (Fsp3) is 0.400. The van der Waals surface area contributed by atoms with Crippen LogP contribution < -0.4 is 0 Å². The monoisotopic (exact) mass is 289 g/mol. The average Bonchev–Trinajstić information content (AvgIpc) is 2.83. The lowest BCUT2D eigenvalue weighted by Crippen LogP contribution is -2.36. The SMILES string of the molecule is C=CCn1c(C)cc(C(=O)CN2C(=O)CN(C)C2=O)c1C. The van der Waals surface area contributed by atoms with Gasteiger partial charge >= 0.3 is 6.03 Å². The number of rotatable bonds is 5. The zero-order chi connectivity index (χ0) is 15.7. The number of urea groups is 1. The molecule has 0 aromatic carbocycles. The third-order valence-electron chi connectivity index (χ3n) is 3.72. The summed E-state index contributed by atoms with van der Waals surface area (Å²) >= 11 is 0. The van der Waals surface area contributed by atoms with Crippen molar-refractivity contribution in [3.63, 3.8) is 0 Å². The molecular formula is C15H19N3O3.